The van der Waals surface area contributed by atoms with Gasteiger partial charge in [0.1, 0.15) is 5.82 Å². The summed E-state index contributed by atoms with van der Waals surface area (Å²) in [5.74, 6) is 0.752. The monoisotopic (exact) mass is 390 g/mol. The molecule has 0 atom stereocenters. The molecule has 5 heteroatoms. The van der Waals surface area contributed by atoms with Gasteiger partial charge in [0, 0.05) is 11.3 Å². The van der Waals surface area contributed by atoms with Crippen molar-refractivity contribution in [3.63, 3.8) is 0 Å². The molecule has 5 aromatic rings. The van der Waals surface area contributed by atoms with Gasteiger partial charge in [0.25, 0.3) is 0 Å². The third-order valence-corrected chi connectivity index (χ3v) is 5.19. The van der Waals surface area contributed by atoms with Gasteiger partial charge in [0.2, 0.25) is 0 Å². The van der Waals surface area contributed by atoms with E-state index in [1.165, 1.54) is 0 Å². The van der Waals surface area contributed by atoms with Crippen LogP contribution in [0.2, 0.25) is 0 Å². The number of nitrogens with zero attached hydrogens (tertiary/aromatic N) is 2. The van der Waals surface area contributed by atoms with Gasteiger partial charge in [0.15, 0.2) is 0 Å². The highest BCUT2D eigenvalue weighted by molar-refractivity contribution is 6.58. The third kappa shape index (κ3) is 3.30. The highest BCUT2D eigenvalue weighted by Crippen LogP contribution is 2.30. The minimum atomic E-state index is -1.57. The van der Waals surface area contributed by atoms with Crippen LogP contribution in [0.3, 0.4) is 0 Å². The average Bonchev–Trinajstić information content (AvgIpc) is 3.19. The number of aromatic nitrogens is 2. The topological polar surface area (TPSA) is 58.3 Å². The molecule has 30 heavy (non-hydrogen) atoms. The summed E-state index contributed by atoms with van der Waals surface area (Å²) in [5, 5.41) is 19.8. The number of fused-ring (bicyclic) bond motifs is 1. The van der Waals surface area contributed by atoms with Crippen LogP contribution in [0, 0.1) is 0 Å². The van der Waals surface area contributed by atoms with Gasteiger partial charge in [-0.25, -0.2) is 4.98 Å². The van der Waals surface area contributed by atoms with Crippen LogP contribution in [0.4, 0.5) is 0 Å². The van der Waals surface area contributed by atoms with E-state index >= 15 is 0 Å². The van der Waals surface area contributed by atoms with Gasteiger partial charge in [-0.2, -0.15) is 0 Å². The first kappa shape index (κ1) is 18.4. The van der Waals surface area contributed by atoms with Crippen LogP contribution in [0.15, 0.2) is 103 Å². The number of hydrogen-bond acceptors (Lipinski definition) is 3. The Labute approximate surface area is 174 Å². The third-order valence-electron chi connectivity index (χ3n) is 5.19. The fourth-order valence-electron chi connectivity index (χ4n) is 3.79. The second-order valence-electron chi connectivity index (χ2n) is 7.18. The van der Waals surface area contributed by atoms with Crippen molar-refractivity contribution in [2.45, 2.75) is 0 Å². The SMILES string of the molecule is OB(O)c1cc(-c2ccccc2)cc(-c2nc3ccccc3n2-c2ccccc2)c1. The Morgan fingerprint density at radius 1 is 0.633 bits per heavy atom. The number of rotatable bonds is 4. The molecule has 0 amide bonds. The van der Waals surface area contributed by atoms with Crippen LogP contribution >= 0.6 is 0 Å². The van der Waals surface area contributed by atoms with Crippen LogP contribution in [-0.4, -0.2) is 26.7 Å². The smallest absolute Gasteiger partial charge is 0.423 e. The Hall–Kier alpha value is -3.67. The van der Waals surface area contributed by atoms with Gasteiger partial charge >= 0.3 is 7.12 Å². The molecular weight excluding hydrogens is 371 g/mol. The number of imidazole rings is 1. The van der Waals surface area contributed by atoms with Gasteiger partial charge in [-0.1, -0.05) is 72.8 Å². The molecule has 0 saturated carbocycles. The Balaban J connectivity index is 1.80. The van der Waals surface area contributed by atoms with Crippen molar-refractivity contribution in [2.24, 2.45) is 0 Å². The van der Waals surface area contributed by atoms with Crippen LogP contribution in [-0.2, 0) is 0 Å². The Kier molecular flexibility index (Phi) is 4.67. The minimum absolute atomic E-state index is 0.429. The predicted octanol–water partition coefficient (Wildman–Crippen LogP) is 4.04. The summed E-state index contributed by atoms with van der Waals surface area (Å²) in [4.78, 5) is 4.89. The van der Waals surface area contributed by atoms with Gasteiger partial charge in [-0.15, -0.1) is 0 Å². The van der Waals surface area contributed by atoms with Gasteiger partial charge in [0.05, 0.1) is 11.0 Å². The lowest BCUT2D eigenvalue weighted by molar-refractivity contribution is 0.426. The van der Waals surface area contributed by atoms with E-state index in [2.05, 4.69) is 4.57 Å². The molecule has 0 spiro atoms. The largest absolute Gasteiger partial charge is 0.488 e. The predicted molar refractivity (Wildman–Crippen MR) is 122 cm³/mol. The highest BCUT2D eigenvalue weighted by Gasteiger charge is 2.19. The zero-order chi connectivity index (χ0) is 20.5. The zero-order valence-electron chi connectivity index (χ0n) is 16.2. The molecule has 0 aliphatic carbocycles. The van der Waals surface area contributed by atoms with Crippen molar-refractivity contribution in [2.75, 3.05) is 0 Å². The lowest BCUT2D eigenvalue weighted by atomic mass is 9.78. The first-order chi connectivity index (χ1) is 14.7. The van der Waals surface area contributed by atoms with Crippen molar-refractivity contribution in [1.82, 2.24) is 9.55 Å². The minimum Gasteiger partial charge on any atom is -0.423 e. The second-order valence-corrected chi connectivity index (χ2v) is 7.18. The molecule has 4 nitrogen and oxygen atoms in total. The maximum Gasteiger partial charge on any atom is 0.488 e. The molecule has 2 N–H and O–H groups in total. The molecule has 4 aromatic carbocycles. The summed E-state index contributed by atoms with van der Waals surface area (Å²) >= 11 is 0. The molecule has 0 saturated heterocycles. The van der Waals surface area contributed by atoms with E-state index in [9.17, 15) is 10.0 Å². The summed E-state index contributed by atoms with van der Waals surface area (Å²) in [5.41, 5.74) is 6.03. The summed E-state index contributed by atoms with van der Waals surface area (Å²) in [6, 6.07) is 33.6. The van der Waals surface area contributed by atoms with Crippen LogP contribution in [0.5, 0.6) is 0 Å². The van der Waals surface area contributed by atoms with E-state index < -0.39 is 7.12 Å². The maximum absolute atomic E-state index is 9.92. The summed E-state index contributed by atoms with van der Waals surface area (Å²) in [6.07, 6.45) is 0. The molecule has 0 aliphatic heterocycles. The van der Waals surface area contributed by atoms with E-state index in [1.54, 1.807) is 12.1 Å². The lowest BCUT2D eigenvalue weighted by Gasteiger charge is -2.13. The molecule has 0 fully saturated rings. The van der Waals surface area contributed by atoms with Crippen LogP contribution < -0.4 is 5.46 Å². The zero-order valence-corrected chi connectivity index (χ0v) is 16.2. The van der Waals surface area contributed by atoms with E-state index in [-0.39, 0.29) is 0 Å². The average molecular weight is 390 g/mol. The fourth-order valence-corrected chi connectivity index (χ4v) is 3.79. The molecule has 144 valence electrons. The van der Waals surface area contributed by atoms with Gasteiger partial charge in [-0.3, -0.25) is 4.57 Å². The number of hydrogen-bond donors (Lipinski definition) is 2. The molecular formula is C25H19BN2O2. The van der Waals surface area contributed by atoms with Crippen molar-refractivity contribution < 1.29 is 10.0 Å². The van der Waals surface area contributed by atoms with Crippen molar-refractivity contribution in [1.29, 1.82) is 0 Å². The van der Waals surface area contributed by atoms with E-state index in [1.807, 2.05) is 91.0 Å². The summed E-state index contributed by atoms with van der Waals surface area (Å²) in [6.45, 7) is 0. The first-order valence-corrected chi connectivity index (χ1v) is 9.80. The standard InChI is InChI=1S/C25H19BN2O2/c29-26(30)21-16-19(18-9-3-1-4-10-18)15-20(17-21)25-27-23-13-7-8-14-24(23)28(25)22-11-5-2-6-12-22/h1-17,29-30H. The van der Waals surface area contributed by atoms with E-state index in [0.717, 1.165) is 39.2 Å². The fraction of sp³-hybridized carbons (Fsp3) is 0. The number of para-hydroxylation sites is 3. The molecule has 1 heterocycles. The second kappa shape index (κ2) is 7.63. The maximum atomic E-state index is 9.92. The Morgan fingerprint density at radius 2 is 1.27 bits per heavy atom. The molecule has 0 unspecified atom stereocenters. The summed E-state index contributed by atoms with van der Waals surface area (Å²) in [7, 11) is -1.57. The van der Waals surface area contributed by atoms with Crippen molar-refractivity contribution in [3.05, 3.63) is 103 Å². The van der Waals surface area contributed by atoms with Crippen LogP contribution in [0.1, 0.15) is 0 Å². The van der Waals surface area contributed by atoms with Gasteiger partial charge in [-0.05, 0) is 46.9 Å². The first-order valence-electron chi connectivity index (χ1n) is 9.80. The Bertz CT molecular complexity index is 1320. The van der Waals surface area contributed by atoms with E-state index in [4.69, 9.17) is 4.98 Å². The van der Waals surface area contributed by atoms with E-state index in [0.29, 0.717) is 5.46 Å². The molecule has 5 rings (SSSR count). The number of benzene rings is 4. The van der Waals surface area contributed by atoms with Crippen LogP contribution in [0.25, 0.3) is 39.2 Å². The quantitative estimate of drug-likeness (QED) is 0.456. The lowest BCUT2D eigenvalue weighted by Crippen LogP contribution is -2.30. The Morgan fingerprint density at radius 3 is 2.00 bits per heavy atom. The molecule has 0 aliphatic rings. The normalized spacial score (nSPS) is 11.0. The van der Waals surface area contributed by atoms with Crippen molar-refractivity contribution in [3.8, 4) is 28.2 Å². The van der Waals surface area contributed by atoms with Gasteiger partial charge < -0.3 is 10.0 Å². The molecule has 1 aromatic heterocycles. The summed E-state index contributed by atoms with van der Waals surface area (Å²) < 4.78 is 2.10. The molecule has 0 radical (unpaired) electrons. The molecule has 0 bridgehead atoms. The van der Waals surface area contributed by atoms with Crippen molar-refractivity contribution >= 4 is 23.6 Å². The highest BCUT2D eigenvalue weighted by atomic mass is 16.4.